The summed E-state index contributed by atoms with van der Waals surface area (Å²) in [5.41, 5.74) is 4.38. The molecule has 0 radical (unpaired) electrons. The maximum Gasteiger partial charge on any atom is 0.251 e. The third-order valence-electron chi connectivity index (χ3n) is 5.97. The second-order valence-electron chi connectivity index (χ2n) is 8.77. The van der Waals surface area contributed by atoms with Gasteiger partial charge in [0.05, 0.1) is 17.1 Å². The number of halogens is 2. The van der Waals surface area contributed by atoms with Gasteiger partial charge in [0, 0.05) is 30.5 Å². The largest absolute Gasteiger partial charge is 0.487 e. The van der Waals surface area contributed by atoms with Gasteiger partial charge in [-0.2, -0.15) is 0 Å². The molecule has 3 N–H and O–H groups in total. The third kappa shape index (κ3) is 6.34. The summed E-state index contributed by atoms with van der Waals surface area (Å²) in [6.45, 7) is 0.753. The number of anilines is 2. The molecule has 0 aliphatic rings. The maximum atomic E-state index is 13.4. The van der Waals surface area contributed by atoms with Crippen LogP contribution in [-0.2, 0) is 13.2 Å². The van der Waals surface area contributed by atoms with Crippen LogP contribution in [0.5, 0.6) is 5.75 Å². The smallest absolute Gasteiger partial charge is 0.251 e. The topological polar surface area (TPSA) is 101 Å². The van der Waals surface area contributed by atoms with Crippen LogP contribution in [0.1, 0.15) is 21.5 Å². The van der Waals surface area contributed by atoms with E-state index in [1.165, 1.54) is 18.5 Å². The fraction of sp³-hybridized carbons (Fsp3) is 0.138. The van der Waals surface area contributed by atoms with Crippen LogP contribution in [0.25, 0.3) is 11.0 Å². The Balaban J connectivity index is 1.34. The van der Waals surface area contributed by atoms with Gasteiger partial charge >= 0.3 is 0 Å². The van der Waals surface area contributed by atoms with Crippen molar-refractivity contribution in [2.24, 2.45) is 0 Å². The minimum absolute atomic E-state index is 0.119. The van der Waals surface area contributed by atoms with Crippen molar-refractivity contribution in [2.75, 3.05) is 18.5 Å². The Labute approximate surface area is 229 Å². The predicted octanol–water partition coefficient (Wildman–Crippen LogP) is 5.32. The van der Waals surface area contributed by atoms with Crippen LogP contribution in [0.15, 0.2) is 85.3 Å². The Kier molecular flexibility index (Phi) is 8.00. The Morgan fingerprint density at radius 2 is 1.87 bits per heavy atom. The van der Waals surface area contributed by atoms with Crippen LogP contribution in [0.3, 0.4) is 0 Å². The minimum atomic E-state index is -0.320. The second-order valence-corrected chi connectivity index (χ2v) is 9.18. The Morgan fingerprint density at radius 3 is 2.69 bits per heavy atom. The molecule has 0 saturated carbocycles. The molecule has 10 heteroatoms. The summed E-state index contributed by atoms with van der Waals surface area (Å²) in [7, 11) is 0. The third-order valence-corrected chi connectivity index (χ3v) is 6.26. The van der Waals surface area contributed by atoms with Crippen molar-refractivity contribution in [3.8, 4) is 5.75 Å². The molecule has 8 nitrogen and oxygen atoms in total. The lowest BCUT2D eigenvalue weighted by molar-refractivity contribution is 0.0944. The molecule has 0 spiro atoms. The number of hydrogen-bond acceptors (Lipinski definition) is 6. The number of rotatable bonds is 10. The summed E-state index contributed by atoms with van der Waals surface area (Å²) < 4.78 is 21.2. The van der Waals surface area contributed by atoms with Crippen LogP contribution in [0.2, 0.25) is 5.02 Å². The van der Waals surface area contributed by atoms with E-state index in [9.17, 15) is 9.18 Å². The highest BCUT2D eigenvalue weighted by molar-refractivity contribution is 6.32. The van der Waals surface area contributed by atoms with Gasteiger partial charge in [-0.15, -0.1) is 0 Å². The first-order valence-electron chi connectivity index (χ1n) is 12.2. The van der Waals surface area contributed by atoms with Crippen LogP contribution in [0, 0.1) is 5.82 Å². The zero-order valence-corrected chi connectivity index (χ0v) is 21.5. The van der Waals surface area contributed by atoms with E-state index in [0.29, 0.717) is 39.9 Å². The number of nitrogens with one attached hydrogen (secondary N) is 2. The fourth-order valence-electron chi connectivity index (χ4n) is 4.16. The Hall–Kier alpha value is -4.47. The second kappa shape index (κ2) is 11.9. The number of benzene rings is 3. The van der Waals surface area contributed by atoms with Gasteiger partial charge in [-0.05, 0) is 59.7 Å². The number of amides is 1. The molecule has 0 atom stereocenters. The van der Waals surface area contributed by atoms with Crippen molar-refractivity contribution < 1.29 is 19.0 Å². The highest BCUT2D eigenvalue weighted by Crippen LogP contribution is 2.31. The van der Waals surface area contributed by atoms with E-state index in [1.807, 2.05) is 41.1 Å². The van der Waals surface area contributed by atoms with Crippen molar-refractivity contribution in [1.29, 1.82) is 0 Å². The number of carbonyl (C=O) groups is 1. The first kappa shape index (κ1) is 26.1. The van der Waals surface area contributed by atoms with Gasteiger partial charge in [-0.1, -0.05) is 35.9 Å². The summed E-state index contributed by atoms with van der Waals surface area (Å²) in [6, 6.07) is 20.7. The lowest BCUT2D eigenvalue weighted by Gasteiger charge is -2.13. The first-order chi connectivity index (χ1) is 19.0. The number of ether oxygens (including phenoxy) is 1. The molecule has 1 amide bonds. The average Bonchev–Trinajstić information content (AvgIpc) is 3.35. The van der Waals surface area contributed by atoms with Crippen molar-refractivity contribution in [1.82, 2.24) is 19.9 Å². The van der Waals surface area contributed by atoms with Gasteiger partial charge in [0.2, 0.25) is 0 Å². The van der Waals surface area contributed by atoms with E-state index in [1.54, 1.807) is 30.3 Å². The molecule has 0 fully saturated rings. The summed E-state index contributed by atoms with van der Waals surface area (Å²) in [5, 5.41) is 15.3. The normalized spacial score (nSPS) is 10.9. The molecular formula is C29H25ClFN5O3. The summed E-state index contributed by atoms with van der Waals surface area (Å²) in [6.07, 6.45) is 3.40. The van der Waals surface area contributed by atoms with Gasteiger partial charge in [0.25, 0.3) is 5.91 Å². The van der Waals surface area contributed by atoms with Crippen LogP contribution in [-0.4, -0.2) is 38.7 Å². The van der Waals surface area contributed by atoms with Gasteiger partial charge in [0.15, 0.2) is 5.82 Å². The molecule has 198 valence electrons. The van der Waals surface area contributed by atoms with E-state index < -0.39 is 0 Å². The van der Waals surface area contributed by atoms with Crippen LogP contribution in [0.4, 0.5) is 15.9 Å². The number of carbonyl (C=O) groups excluding carboxylic acids is 1. The highest BCUT2D eigenvalue weighted by atomic mass is 35.5. The number of aromatic nitrogens is 3. The molecule has 0 unspecified atom stereocenters. The van der Waals surface area contributed by atoms with Crippen molar-refractivity contribution in [3.63, 3.8) is 0 Å². The van der Waals surface area contributed by atoms with Gasteiger partial charge < -0.3 is 25.0 Å². The first-order valence-corrected chi connectivity index (χ1v) is 12.6. The molecular weight excluding hydrogens is 521 g/mol. The number of fused-ring (bicyclic) bond motifs is 1. The monoisotopic (exact) mass is 545 g/mol. The minimum Gasteiger partial charge on any atom is -0.487 e. The number of aliphatic hydroxyl groups excluding tert-OH is 1. The van der Waals surface area contributed by atoms with Gasteiger partial charge in [-0.3, -0.25) is 4.79 Å². The standard InChI is InChI=1S/C29H25ClFN5O3/c30-24-15-23(7-8-26(24)39-17-20-4-2-6-22(31)14-20)35-28-27-25(33-18-34-28)9-11-36(27)16-19-3-1-5-21(13-19)29(38)32-10-12-37/h1-9,11,13-15,18,37H,10,12,16-17H2,(H,32,38)(H,33,34,35). The molecule has 2 heterocycles. The lowest BCUT2D eigenvalue weighted by atomic mass is 10.1. The van der Waals surface area contributed by atoms with E-state index in [4.69, 9.17) is 21.4 Å². The van der Waals surface area contributed by atoms with Crippen LogP contribution >= 0.6 is 11.6 Å². The molecule has 39 heavy (non-hydrogen) atoms. The predicted molar refractivity (Wildman–Crippen MR) is 148 cm³/mol. The molecule has 5 rings (SSSR count). The van der Waals surface area contributed by atoms with Crippen molar-refractivity contribution in [2.45, 2.75) is 13.2 Å². The summed E-state index contributed by atoms with van der Waals surface area (Å²) in [4.78, 5) is 21.1. The summed E-state index contributed by atoms with van der Waals surface area (Å²) >= 11 is 6.48. The number of nitrogens with zero attached hydrogens (tertiary/aromatic N) is 3. The Morgan fingerprint density at radius 1 is 1.03 bits per heavy atom. The van der Waals surface area contributed by atoms with E-state index in [0.717, 1.165) is 16.6 Å². The lowest BCUT2D eigenvalue weighted by Crippen LogP contribution is -2.26. The molecule has 0 saturated heterocycles. The summed E-state index contributed by atoms with van der Waals surface area (Å²) in [5.74, 6) is 0.505. The fourth-order valence-corrected chi connectivity index (χ4v) is 4.39. The van der Waals surface area contributed by atoms with E-state index in [-0.39, 0.29) is 31.5 Å². The van der Waals surface area contributed by atoms with Gasteiger partial charge in [0.1, 0.15) is 30.0 Å². The quantitative estimate of drug-likeness (QED) is 0.220. The molecule has 5 aromatic rings. The Bertz CT molecular complexity index is 1620. The SMILES string of the molecule is O=C(NCCO)c1cccc(Cn2ccc3ncnc(Nc4ccc(OCc5cccc(F)c5)c(Cl)c4)c32)c1. The zero-order valence-electron chi connectivity index (χ0n) is 20.8. The van der Waals surface area contributed by atoms with Crippen molar-refractivity contribution in [3.05, 3.63) is 113 Å². The molecule has 3 aromatic carbocycles. The van der Waals surface area contributed by atoms with Gasteiger partial charge in [-0.25, -0.2) is 14.4 Å². The van der Waals surface area contributed by atoms with Crippen LogP contribution < -0.4 is 15.4 Å². The molecule has 0 aliphatic heterocycles. The number of hydrogen-bond donors (Lipinski definition) is 3. The number of aliphatic hydroxyl groups is 1. The zero-order chi connectivity index (χ0) is 27.2. The van der Waals surface area contributed by atoms with Crippen molar-refractivity contribution >= 4 is 40.0 Å². The van der Waals surface area contributed by atoms with E-state index >= 15 is 0 Å². The maximum absolute atomic E-state index is 13.4. The molecule has 0 aliphatic carbocycles. The average molecular weight is 546 g/mol. The molecule has 2 aromatic heterocycles. The highest BCUT2D eigenvalue weighted by Gasteiger charge is 2.13. The molecule has 0 bridgehead atoms. The van der Waals surface area contributed by atoms with E-state index in [2.05, 4.69) is 20.6 Å².